The Bertz CT molecular complexity index is 281. The highest BCUT2D eigenvalue weighted by atomic mass is 16.2. The van der Waals surface area contributed by atoms with Crippen LogP contribution in [0.3, 0.4) is 0 Å². The molecule has 0 saturated carbocycles. The maximum atomic E-state index is 12.2. The van der Waals surface area contributed by atoms with Gasteiger partial charge in [0.05, 0.1) is 6.04 Å². The van der Waals surface area contributed by atoms with Crippen molar-refractivity contribution in [2.45, 2.75) is 46.6 Å². The third-order valence-corrected chi connectivity index (χ3v) is 2.88. The van der Waals surface area contributed by atoms with Crippen molar-refractivity contribution in [3.05, 3.63) is 0 Å². The fraction of sp³-hybridized carbons (Fsp3) is 0.833. The van der Waals surface area contributed by atoms with Crippen LogP contribution in [0.2, 0.25) is 0 Å². The summed E-state index contributed by atoms with van der Waals surface area (Å²) in [5, 5.41) is 2.76. The van der Waals surface area contributed by atoms with Crippen molar-refractivity contribution >= 4 is 11.8 Å². The van der Waals surface area contributed by atoms with Crippen LogP contribution >= 0.6 is 0 Å². The summed E-state index contributed by atoms with van der Waals surface area (Å²) in [6, 6.07) is -0.339. The van der Waals surface area contributed by atoms with Crippen molar-refractivity contribution < 1.29 is 9.59 Å². The molecule has 16 heavy (non-hydrogen) atoms. The number of ketones is 1. The van der Waals surface area contributed by atoms with Gasteiger partial charge in [-0.25, -0.2) is 4.79 Å². The summed E-state index contributed by atoms with van der Waals surface area (Å²) in [6.45, 7) is 8.90. The normalized spacial score (nSPS) is 21.0. The number of hydrogen-bond donors (Lipinski definition) is 1. The average molecular weight is 226 g/mol. The molecule has 1 fully saturated rings. The monoisotopic (exact) mass is 226 g/mol. The molecule has 1 atom stereocenters. The summed E-state index contributed by atoms with van der Waals surface area (Å²) in [5.41, 5.74) is -0.375. The van der Waals surface area contributed by atoms with Gasteiger partial charge in [-0.2, -0.15) is 0 Å². The molecule has 1 heterocycles. The van der Waals surface area contributed by atoms with Crippen LogP contribution in [0.25, 0.3) is 0 Å². The Balaban J connectivity index is 2.73. The van der Waals surface area contributed by atoms with E-state index in [1.165, 1.54) is 0 Å². The van der Waals surface area contributed by atoms with E-state index in [9.17, 15) is 9.59 Å². The number of urea groups is 1. The van der Waals surface area contributed by atoms with E-state index in [1.54, 1.807) is 4.90 Å². The van der Waals surface area contributed by atoms with Gasteiger partial charge in [-0.1, -0.05) is 20.8 Å². The molecule has 0 aromatic carbocycles. The Morgan fingerprint density at radius 2 is 2.00 bits per heavy atom. The lowest BCUT2D eigenvalue weighted by Gasteiger charge is -2.28. The van der Waals surface area contributed by atoms with Crippen molar-refractivity contribution in [1.82, 2.24) is 10.2 Å². The van der Waals surface area contributed by atoms with Gasteiger partial charge in [-0.05, 0) is 19.8 Å². The molecule has 0 aromatic heterocycles. The van der Waals surface area contributed by atoms with Crippen LogP contribution in [-0.2, 0) is 4.79 Å². The van der Waals surface area contributed by atoms with Gasteiger partial charge in [0.1, 0.15) is 0 Å². The standard InChI is InChI=1S/C12H22N2O2/c1-5-13-11(16)14-8-6-7-9(14)10(15)12(2,3)4/h9H,5-8H2,1-4H3,(H,13,16)/t9-/m0/s1. The summed E-state index contributed by atoms with van der Waals surface area (Å²) in [4.78, 5) is 25.6. The second-order valence-electron chi connectivity index (χ2n) is 5.30. The lowest BCUT2D eigenvalue weighted by Crippen LogP contribution is -2.48. The van der Waals surface area contributed by atoms with Crippen LogP contribution in [0.5, 0.6) is 0 Å². The molecule has 1 N–H and O–H groups in total. The molecule has 1 rings (SSSR count). The quantitative estimate of drug-likeness (QED) is 0.780. The Kier molecular flexibility index (Phi) is 3.94. The van der Waals surface area contributed by atoms with E-state index in [0.717, 1.165) is 12.8 Å². The minimum atomic E-state index is -0.375. The number of carbonyl (C=O) groups excluding carboxylic acids is 2. The first-order chi connectivity index (χ1) is 7.38. The molecule has 2 amide bonds. The van der Waals surface area contributed by atoms with E-state index in [4.69, 9.17) is 0 Å². The first-order valence-electron chi connectivity index (χ1n) is 5.96. The third kappa shape index (κ3) is 2.74. The highest BCUT2D eigenvalue weighted by Crippen LogP contribution is 2.26. The summed E-state index contributed by atoms with van der Waals surface area (Å²) in [7, 11) is 0. The Labute approximate surface area is 97.4 Å². The average Bonchev–Trinajstić information content (AvgIpc) is 2.63. The van der Waals surface area contributed by atoms with Crippen LogP contribution in [0.4, 0.5) is 4.79 Å². The molecular formula is C12H22N2O2. The lowest BCUT2D eigenvalue weighted by molar-refractivity contribution is -0.130. The van der Waals surface area contributed by atoms with Crippen LogP contribution in [0.1, 0.15) is 40.5 Å². The third-order valence-electron chi connectivity index (χ3n) is 2.88. The van der Waals surface area contributed by atoms with Gasteiger partial charge in [-0.3, -0.25) is 4.79 Å². The predicted octanol–water partition coefficient (Wildman–Crippen LogP) is 1.80. The number of nitrogens with zero attached hydrogens (tertiary/aromatic N) is 1. The molecule has 1 saturated heterocycles. The number of rotatable bonds is 2. The van der Waals surface area contributed by atoms with Crippen LogP contribution < -0.4 is 5.32 Å². The van der Waals surface area contributed by atoms with Crippen molar-refractivity contribution in [1.29, 1.82) is 0 Å². The molecule has 0 radical (unpaired) electrons. The molecule has 92 valence electrons. The van der Waals surface area contributed by atoms with Gasteiger partial charge < -0.3 is 10.2 Å². The molecule has 0 unspecified atom stereocenters. The maximum absolute atomic E-state index is 12.2. The van der Waals surface area contributed by atoms with E-state index in [2.05, 4.69) is 5.32 Å². The highest BCUT2D eigenvalue weighted by Gasteiger charge is 2.38. The van der Waals surface area contributed by atoms with Gasteiger partial charge in [-0.15, -0.1) is 0 Å². The number of amides is 2. The second kappa shape index (κ2) is 4.85. The Morgan fingerprint density at radius 1 is 1.38 bits per heavy atom. The molecule has 4 nitrogen and oxygen atoms in total. The van der Waals surface area contributed by atoms with Crippen molar-refractivity contribution in [2.75, 3.05) is 13.1 Å². The van der Waals surface area contributed by atoms with Gasteiger partial charge in [0.15, 0.2) is 5.78 Å². The number of likely N-dealkylation sites (tertiary alicyclic amines) is 1. The first kappa shape index (κ1) is 13.0. The fourth-order valence-corrected chi connectivity index (χ4v) is 2.03. The number of nitrogens with one attached hydrogen (secondary N) is 1. The largest absolute Gasteiger partial charge is 0.338 e. The van der Waals surface area contributed by atoms with E-state index < -0.39 is 0 Å². The number of hydrogen-bond acceptors (Lipinski definition) is 2. The highest BCUT2D eigenvalue weighted by molar-refractivity contribution is 5.92. The SMILES string of the molecule is CCNC(=O)N1CCC[C@H]1C(=O)C(C)(C)C. The van der Waals surface area contributed by atoms with E-state index in [-0.39, 0.29) is 23.3 Å². The summed E-state index contributed by atoms with van der Waals surface area (Å²) >= 11 is 0. The molecular weight excluding hydrogens is 204 g/mol. The summed E-state index contributed by atoms with van der Waals surface area (Å²) < 4.78 is 0. The van der Waals surface area contributed by atoms with E-state index in [1.807, 2.05) is 27.7 Å². The Hall–Kier alpha value is -1.06. The zero-order valence-electron chi connectivity index (χ0n) is 10.7. The molecule has 0 aromatic rings. The van der Waals surface area contributed by atoms with Crippen LogP contribution in [0.15, 0.2) is 0 Å². The number of carbonyl (C=O) groups is 2. The van der Waals surface area contributed by atoms with Crippen molar-refractivity contribution in [2.24, 2.45) is 5.41 Å². The Morgan fingerprint density at radius 3 is 2.50 bits per heavy atom. The second-order valence-corrected chi connectivity index (χ2v) is 5.30. The van der Waals surface area contributed by atoms with Crippen molar-refractivity contribution in [3.63, 3.8) is 0 Å². The van der Waals surface area contributed by atoms with Gasteiger partial charge in [0, 0.05) is 18.5 Å². The summed E-state index contributed by atoms with van der Waals surface area (Å²) in [5.74, 6) is 0.163. The van der Waals surface area contributed by atoms with Crippen LogP contribution in [-0.4, -0.2) is 35.8 Å². The lowest BCUT2D eigenvalue weighted by atomic mass is 9.85. The van der Waals surface area contributed by atoms with E-state index in [0.29, 0.717) is 13.1 Å². The fourth-order valence-electron chi connectivity index (χ4n) is 2.03. The molecule has 4 heteroatoms. The molecule has 0 spiro atoms. The predicted molar refractivity (Wildman–Crippen MR) is 63.3 cm³/mol. The van der Waals surface area contributed by atoms with Crippen LogP contribution in [0, 0.1) is 5.41 Å². The van der Waals surface area contributed by atoms with E-state index >= 15 is 0 Å². The molecule has 0 bridgehead atoms. The molecule has 0 aliphatic carbocycles. The molecule has 1 aliphatic rings. The first-order valence-corrected chi connectivity index (χ1v) is 5.96. The maximum Gasteiger partial charge on any atom is 0.318 e. The smallest absolute Gasteiger partial charge is 0.318 e. The topological polar surface area (TPSA) is 49.4 Å². The van der Waals surface area contributed by atoms with Crippen molar-refractivity contribution in [3.8, 4) is 0 Å². The van der Waals surface area contributed by atoms with Gasteiger partial charge >= 0.3 is 6.03 Å². The molecule has 1 aliphatic heterocycles. The zero-order valence-corrected chi connectivity index (χ0v) is 10.7. The van der Waals surface area contributed by atoms with Gasteiger partial charge in [0.25, 0.3) is 0 Å². The minimum absolute atomic E-state index is 0.109. The minimum Gasteiger partial charge on any atom is -0.338 e. The summed E-state index contributed by atoms with van der Waals surface area (Å²) in [6.07, 6.45) is 1.72. The van der Waals surface area contributed by atoms with Gasteiger partial charge in [0.2, 0.25) is 0 Å². The zero-order chi connectivity index (χ0) is 12.3. The number of Topliss-reactive ketones (excluding diaryl/α,β-unsaturated/α-hetero) is 1.